The zero-order chi connectivity index (χ0) is 18.5. The van der Waals surface area contributed by atoms with E-state index in [0.717, 1.165) is 5.92 Å². The normalized spacial score (nSPS) is 12.5. The third-order valence-corrected chi connectivity index (χ3v) is 5.81. The lowest BCUT2D eigenvalue weighted by Crippen LogP contribution is -2.00. The van der Waals surface area contributed by atoms with E-state index in [4.69, 9.17) is 0 Å². The molecule has 2 rings (SSSR count). The molecule has 0 bridgehead atoms. The van der Waals surface area contributed by atoms with Crippen LogP contribution in [0.25, 0.3) is 10.8 Å². The first-order valence-corrected chi connectivity index (χ1v) is 11.3. The molecule has 0 spiro atoms. The summed E-state index contributed by atoms with van der Waals surface area (Å²) in [7, 11) is 0. The van der Waals surface area contributed by atoms with Crippen LogP contribution in [0.4, 0.5) is 0 Å². The average Bonchev–Trinajstić information content (AvgIpc) is 2.68. The highest BCUT2D eigenvalue weighted by molar-refractivity contribution is 5.83. The fourth-order valence-corrected chi connectivity index (χ4v) is 4.10. The quantitative estimate of drug-likeness (QED) is 0.297. The van der Waals surface area contributed by atoms with Crippen LogP contribution in [-0.2, 0) is 0 Å². The molecule has 1 unspecified atom stereocenters. The molecule has 0 amide bonds. The standard InChI is InChI=1S/C26H40/c1-3-5-7-9-10-11-13-17-23(16-12-8-6-4-2)26-21-20-24-18-14-15-19-25(24)22-26/h14-15,18-23H,3-13,16-17H2,1-2H3. The van der Waals surface area contributed by atoms with Crippen molar-refractivity contribution in [3.8, 4) is 0 Å². The summed E-state index contributed by atoms with van der Waals surface area (Å²) in [4.78, 5) is 0. The Morgan fingerprint density at radius 2 is 1.12 bits per heavy atom. The molecule has 0 radical (unpaired) electrons. The van der Waals surface area contributed by atoms with E-state index in [1.54, 1.807) is 5.56 Å². The highest BCUT2D eigenvalue weighted by Gasteiger charge is 2.12. The van der Waals surface area contributed by atoms with Gasteiger partial charge in [-0.15, -0.1) is 0 Å². The van der Waals surface area contributed by atoms with Crippen LogP contribution >= 0.6 is 0 Å². The Morgan fingerprint density at radius 1 is 0.577 bits per heavy atom. The van der Waals surface area contributed by atoms with E-state index >= 15 is 0 Å². The fourth-order valence-electron chi connectivity index (χ4n) is 4.10. The largest absolute Gasteiger partial charge is 0.0654 e. The van der Waals surface area contributed by atoms with Crippen molar-refractivity contribution in [1.29, 1.82) is 0 Å². The van der Waals surface area contributed by atoms with Gasteiger partial charge in [-0.2, -0.15) is 0 Å². The van der Waals surface area contributed by atoms with Crippen LogP contribution in [0.3, 0.4) is 0 Å². The smallest absolute Gasteiger partial charge is 0.0162 e. The fraction of sp³-hybridized carbons (Fsp3) is 0.615. The van der Waals surface area contributed by atoms with Crippen molar-refractivity contribution in [1.82, 2.24) is 0 Å². The maximum Gasteiger partial charge on any atom is -0.0162 e. The Labute approximate surface area is 162 Å². The van der Waals surface area contributed by atoms with Gasteiger partial charge in [0.2, 0.25) is 0 Å². The monoisotopic (exact) mass is 352 g/mol. The molecular weight excluding hydrogens is 312 g/mol. The topological polar surface area (TPSA) is 0 Å². The van der Waals surface area contributed by atoms with Gasteiger partial charge in [-0.05, 0) is 35.1 Å². The Bertz CT molecular complexity index is 598. The van der Waals surface area contributed by atoms with E-state index in [2.05, 4.69) is 56.3 Å². The molecule has 0 N–H and O–H groups in total. The Balaban J connectivity index is 1.89. The minimum atomic E-state index is 0.757. The van der Waals surface area contributed by atoms with E-state index < -0.39 is 0 Å². The highest BCUT2D eigenvalue weighted by atomic mass is 14.2. The lowest BCUT2D eigenvalue weighted by molar-refractivity contribution is 0.490. The Morgan fingerprint density at radius 3 is 1.77 bits per heavy atom. The molecule has 0 heteroatoms. The van der Waals surface area contributed by atoms with Crippen LogP contribution in [0.15, 0.2) is 42.5 Å². The Kier molecular flexibility index (Phi) is 10.5. The number of unbranched alkanes of at least 4 members (excludes halogenated alkanes) is 9. The highest BCUT2D eigenvalue weighted by Crippen LogP contribution is 2.30. The molecule has 26 heavy (non-hydrogen) atoms. The second-order valence-corrected chi connectivity index (χ2v) is 8.06. The molecule has 0 aromatic heterocycles. The number of fused-ring (bicyclic) bond motifs is 1. The lowest BCUT2D eigenvalue weighted by atomic mass is 9.87. The van der Waals surface area contributed by atoms with Gasteiger partial charge in [-0.3, -0.25) is 0 Å². The first-order chi connectivity index (χ1) is 12.8. The van der Waals surface area contributed by atoms with Crippen LogP contribution in [0.2, 0.25) is 0 Å². The molecule has 0 aliphatic rings. The minimum Gasteiger partial charge on any atom is -0.0654 e. The predicted octanol–water partition coefficient (Wildman–Crippen LogP) is 9.03. The van der Waals surface area contributed by atoms with Gasteiger partial charge < -0.3 is 0 Å². The maximum atomic E-state index is 2.46. The van der Waals surface area contributed by atoms with Gasteiger partial charge in [0, 0.05) is 0 Å². The summed E-state index contributed by atoms with van der Waals surface area (Å²) in [6.07, 6.45) is 18.1. The van der Waals surface area contributed by atoms with Gasteiger partial charge in [0.05, 0.1) is 0 Å². The van der Waals surface area contributed by atoms with Gasteiger partial charge in [0.1, 0.15) is 0 Å². The summed E-state index contributed by atoms with van der Waals surface area (Å²) in [5.41, 5.74) is 1.58. The third-order valence-electron chi connectivity index (χ3n) is 5.81. The van der Waals surface area contributed by atoms with Crippen molar-refractivity contribution in [2.24, 2.45) is 0 Å². The van der Waals surface area contributed by atoms with Crippen LogP contribution in [0, 0.1) is 0 Å². The second-order valence-electron chi connectivity index (χ2n) is 8.06. The molecule has 0 heterocycles. The van der Waals surface area contributed by atoms with Gasteiger partial charge in [-0.25, -0.2) is 0 Å². The minimum absolute atomic E-state index is 0.757. The SMILES string of the molecule is CCCCCCCCCC(CCCCCC)c1ccc2ccccc2c1. The van der Waals surface area contributed by atoms with Crippen molar-refractivity contribution in [3.63, 3.8) is 0 Å². The Hall–Kier alpha value is -1.30. The molecular formula is C26H40. The van der Waals surface area contributed by atoms with Crippen molar-refractivity contribution in [2.75, 3.05) is 0 Å². The molecule has 0 saturated heterocycles. The van der Waals surface area contributed by atoms with Crippen LogP contribution < -0.4 is 0 Å². The maximum absolute atomic E-state index is 2.46. The van der Waals surface area contributed by atoms with Crippen LogP contribution in [-0.4, -0.2) is 0 Å². The van der Waals surface area contributed by atoms with Crippen molar-refractivity contribution < 1.29 is 0 Å². The summed E-state index contributed by atoms with van der Waals surface area (Å²) in [5.74, 6) is 0.757. The average molecular weight is 353 g/mol. The molecule has 2 aromatic rings. The number of hydrogen-bond acceptors (Lipinski definition) is 0. The number of benzene rings is 2. The summed E-state index contributed by atoms with van der Waals surface area (Å²) in [6.45, 7) is 4.60. The van der Waals surface area contributed by atoms with Gasteiger partial charge in [-0.1, -0.05) is 127 Å². The van der Waals surface area contributed by atoms with E-state index in [1.165, 1.54) is 94.2 Å². The molecule has 0 aliphatic carbocycles. The molecule has 0 nitrogen and oxygen atoms in total. The van der Waals surface area contributed by atoms with Crippen molar-refractivity contribution >= 4 is 10.8 Å². The van der Waals surface area contributed by atoms with Gasteiger partial charge in [0.25, 0.3) is 0 Å². The second kappa shape index (κ2) is 13.0. The first kappa shape index (κ1) is 21.0. The molecule has 0 fully saturated rings. The van der Waals surface area contributed by atoms with E-state index in [0.29, 0.717) is 0 Å². The zero-order valence-electron chi connectivity index (χ0n) is 17.3. The van der Waals surface area contributed by atoms with Crippen molar-refractivity contribution in [2.45, 2.75) is 103 Å². The summed E-state index contributed by atoms with van der Waals surface area (Å²) in [6, 6.07) is 16.0. The van der Waals surface area contributed by atoms with Gasteiger partial charge >= 0.3 is 0 Å². The lowest BCUT2D eigenvalue weighted by Gasteiger charge is -2.18. The molecule has 1 atom stereocenters. The van der Waals surface area contributed by atoms with Gasteiger partial charge in [0.15, 0.2) is 0 Å². The van der Waals surface area contributed by atoms with Crippen LogP contribution in [0.5, 0.6) is 0 Å². The van der Waals surface area contributed by atoms with E-state index in [1.807, 2.05) is 0 Å². The zero-order valence-corrected chi connectivity index (χ0v) is 17.3. The first-order valence-electron chi connectivity index (χ1n) is 11.3. The molecule has 2 aromatic carbocycles. The van der Waals surface area contributed by atoms with Crippen molar-refractivity contribution in [3.05, 3.63) is 48.0 Å². The molecule has 0 aliphatic heterocycles. The summed E-state index contributed by atoms with van der Waals surface area (Å²) in [5, 5.41) is 2.78. The number of rotatable bonds is 14. The van der Waals surface area contributed by atoms with E-state index in [-0.39, 0.29) is 0 Å². The summed E-state index contributed by atoms with van der Waals surface area (Å²) < 4.78 is 0. The predicted molar refractivity (Wildman–Crippen MR) is 118 cm³/mol. The third kappa shape index (κ3) is 7.52. The van der Waals surface area contributed by atoms with Crippen LogP contribution in [0.1, 0.15) is 109 Å². The molecule has 144 valence electrons. The summed E-state index contributed by atoms with van der Waals surface area (Å²) >= 11 is 0. The number of hydrogen-bond donors (Lipinski definition) is 0. The molecule has 0 saturated carbocycles. The van der Waals surface area contributed by atoms with E-state index in [9.17, 15) is 0 Å².